The van der Waals surface area contributed by atoms with Crippen LogP contribution in [-0.2, 0) is 4.74 Å². The molecule has 0 aliphatic carbocycles. The molecule has 0 aromatic heterocycles. The maximum Gasteiger partial charge on any atom is 0.0802 e. The average molecular weight is 183 g/mol. The molecule has 0 aromatic rings. The molecule has 2 heteroatoms. The minimum absolute atomic E-state index is 0.383. The first kappa shape index (κ1) is 10.7. The Hall–Kier alpha value is -0.340. The first-order valence-corrected chi connectivity index (χ1v) is 5.11. The van der Waals surface area contributed by atoms with E-state index in [2.05, 4.69) is 32.7 Å². The number of hydrogen-bond donors (Lipinski definition) is 0. The standard InChI is InChI=1S/C11H21NO/c1-5-12(4)7-6-11-10(3)9(2)8-13-11/h11H,5-8H2,1-4H3. The Morgan fingerprint density at radius 2 is 2.15 bits per heavy atom. The van der Waals surface area contributed by atoms with E-state index in [4.69, 9.17) is 4.74 Å². The molecule has 0 aromatic carbocycles. The molecule has 1 aliphatic heterocycles. The summed E-state index contributed by atoms with van der Waals surface area (Å²) < 4.78 is 5.67. The summed E-state index contributed by atoms with van der Waals surface area (Å²) in [4.78, 5) is 2.32. The van der Waals surface area contributed by atoms with Crippen molar-refractivity contribution in [3.8, 4) is 0 Å². The Morgan fingerprint density at radius 1 is 1.46 bits per heavy atom. The van der Waals surface area contributed by atoms with Crippen molar-refractivity contribution in [1.29, 1.82) is 0 Å². The Balaban J connectivity index is 2.31. The molecule has 0 radical (unpaired) electrons. The molecule has 0 spiro atoms. The number of ether oxygens (including phenoxy) is 1. The molecule has 2 nitrogen and oxygen atoms in total. The van der Waals surface area contributed by atoms with Crippen LogP contribution in [-0.4, -0.2) is 37.7 Å². The van der Waals surface area contributed by atoms with Crippen molar-refractivity contribution in [2.24, 2.45) is 0 Å². The Morgan fingerprint density at radius 3 is 2.62 bits per heavy atom. The smallest absolute Gasteiger partial charge is 0.0802 e. The van der Waals surface area contributed by atoms with Crippen LogP contribution < -0.4 is 0 Å². The molecule has 1 heterocycles. The molecular formula is C11H21NO. The monoisotopic (exact) mass is 183 g/mol. The maximum absolute atomic E-state index is 5.67. The highest BCUT2D eigenvalue weighted by molar-refractivity contribution is 5.19. The highest BCUT2D eigenvalue weighted by atomic mass is 16.5. The van der Waals surface area contributed by atoms with Crippen molar-refractivity contribution in [1.82, 2.24) is 4.90 Å². The Bertz CT molecular complexity index is 198. The Kier molecular flexibility index (Phi) is 3.94. The van der Waals surface area contributed by atoms with Crippen LogP contribution >= 0.6 is 0 Å². The largest absolute Gasteiger partial charge is 0.369 e. The van der Waals surface area contributed by atoms with Crippen LogP contribution in [0.4, 0.5) is 0 Å². The quantitative estimate of drug-likeness (QED) is 0.619. The lowest BCUT2D eigenvalue weighted by atomic mass is 10.1. The number of hydrogen-bond acceptors (Lipinski definition) is 2. The molecule has 0 saturated heterocycles. The molecule has 1 unspecified atom stereocenters. The topological polar surface area (TPSA) is 12.5 Å². The number of nitrogens with zero attached hydrogens (tertiary/aromatic N) is 1. The van der Waals surface area contributed by atoms with Gasteiger partial charge < -0.3 is 9.64 Å². The lowest BCUT2D eigenvalue weighted by Gasteiger charge is -2.17. The lowest BCUT2D eigenvalue weighted by Crippen LogP contribution is -2.23. The highest BCUT2D eigenvalue weighted by Crippen LogP contribution is 2.22. The second-order valence-electron chi connectivity index (χ2n) is 3.95. The third kappa shape index (κ3) is 2.82. The summed E-state index contributed by atoms with van der Waals surface area (Å²) in [7, 11) is 2.15. The fourth-order valence-corrected chi connectivity index (χ4v) is 1.53. The Labute approximate surface area is 81.6 Å². The van der Waals surface area contributed by atoms with Crippen LogP contribution in [0.3, 0.4) is 0 Å². The predicted octanol–water partition coefficient (Wildman–Crippen LogP) is 2.06. The van der Waals surface area contributed by atoms with Crippen LogP contribution in [0.5, 0.6) is 0 Å². The second-order valence-corrected chi connectivity index (χ2v) is 3.95. The van der Waals surface area contributed by atoms with Gasteiger partial charge in [-0.05, 0) is 45.0 Å². The van der Waals surface area contributed by atoms with E-state index < -0.39 is 0 Å². The van der Waals surface area contributed by atoms with E-state index in [-0.39, 0.29) is 0 Å². The van der Waals surface area contributed by atoms with E-state index in [0.717, 1.165) is 26.1 Å². The fraction of sp³-hybridized carbons (Fsp3) is 0.818. The van der Waals surface area contributed by atoms with Crippen molar-refractivity contribution in [2.75, 3.05) is 26.7 Å². The third-order valence-electron chi connectivity index (χ3n) is 2.97. The van der Waals surface area contributed by atoms with E-state index in [1.54, 1.807) is 0 Å². The van der Waals surface area contributed by atoms with Crippen molar-refractivity contribution in [3.05, 3.63) is 11.1 Å². The van der Waals surface area contributed by atoms with Crippen LogP contribution in [0.1, 0.15) is 27.2 Å². The molecule has 1 aliphatic rings. The molecule has 13 heavy (non-hydrogen) atoms. The SMILES string of the molecule is CCN(C)CCC1OCC(C)=C1C. The molecule has 0 amide bonds. The zero-order valence-electron chi connectivity index (χ0n) is 9.26. The van der Waals surface area contributed by atoms with Gasteiger partial charge in [0.15, 0.2) is 0 Å². The van der Waals surface area contributed by atoms with Gasteiger partial charge in [0.05, 0.1) is 12.7 Å². The second kappa shape index (κ2) is 4.77. The molecule has 0 fully saturated rings. The summed E-state index contributed by atoms with van der Waals surface area (Å²) in [5.41, 5.74) is 2.87. The summed E-state index contributed by atoms with van der Waals surface area (Å²) >= 11 is 0. The van der Waals surface area contributed by atoms with Crippen LogP contribution in [0.15, 0.2) is 11.1 Å². The van der Waals surface area contributed by atoms with Gasteiger partial charge in [-0.3, -0.25) is 0 Å². The van der Waals surface area contributed by atoms with Crippen molar-refractivity contribution in [3.63, 3.8) is 0 Å². The van der Waals surface area contributed by atoms with Gasteiger partial charge in [-0.25, -0.2) is 0 Å². The summed E-state index contributed by atoms with van der Waals surface area (Å²) in [5, 5.41) is 0. The van der Waals surface area contributed by atoms with Gasteiger partial charge in [0.2, 0.25) is 0 Å². The average Bonchev–Trinajstić information content (AvgIpc) is 2.44. The summed E-state index contributed by atoms with van der Waals surface area (Å²) in [6.45, 7) is 9.63. The first-order chi connectivity index (χ1) is 6.15. The number of rotatable bonds is 4. The van der Waals surface area contributed by atoms with Crippen LogP contribution in [0, 0.1) is 0 Å². The molecule has 1 atom stereocenters. The van der Waals surface area contributed by atoms with Gasteiger partial charge in [0.25, 0.3) is 0 Å². The van der Waals surface area contributed by atoms with E-state index in [0.29, 0.717) is 6.10 Å². The lowest BCUT2D eigenvalue weighted by molar-refractivity contribution is 0.104. The highest BCUT2D eigenvalue weighted by Gasteiger charge is 2.20. The van der Waals surface area contributed by atoms with Crippen LogP contribution in [0.25, 0.3) is 0 Å². The first-order valence-electron chi connectivity index (χ1n) is 5.11. The van der Waals surface area contributed by atoms with E-state index in [1.165, 1.54) is 11.1 Å². The van der Waals surface area contributed by atoms with Gasteiger partial charge >= 0.3 is 0 Å². The van der Waals surface area contributed by atoms with Gasteiger partial charge in [-0.2, -0.15) is 0 Å². The summed E-state index contributed by atoms with van der Waals surface area (Å²) in [6.07, 6.45) is 1.52. The molecule has 0 N–H and O–H groups in total. The van der Waals surface area contributed by atoms with Gasteiger partial charge in [0.1, 0.15) is 0 Å². The molecule has 1 rings (SSSR count). The zero-order valence-corrected chi connectivity index (χ0v) is 9.26. The maximum atomic E-state index is 5.67. The molecule has 0 bridgehead atoms. The summed E-state index contributed by atoms with van der Waals surface area (Å²) in [5.74, 6) is 0. The molecule has 76 valence electrons. The zero-order chi connectivity index (χ0) is 9.84. The van der Waals surface area contributed by atoms with Crippen molar-refractivity contribution < 1.29 is 4.74 Å². The molecule has 0 saturated carbocycles. The van der Waals surface area contributed by atoms with E-state index >= 15 is 0 Å². The van der Waals surface area contributed by atoms with Crippen molar-refractivity contribution >= 4 is 0 Å². The normalized spacial score (nSPS) is 23.3. The van der Waals surface area contributed by atoms with E-state index in [9.17, 15) is 0 Å². The minimum atomic E-state index is 0.383. The fourth-order valence-electron chi connectivity index (χ4n) is 1.53. The molecular weight excluding hydrogens is 162 g/mol. The third-order valence-corrected chi connectivity index (χ3v) is 2.97. The van der Waals surface area contributed by atoms with Gasteiger partial charge in [0, 0.05) is 6.54 Å². The predicted molar refractivity (Wildman–Crippen MR) is 55.9 cm³/mol. The van der Waals surface area contributed by atoms with Gasteiger partial charge in [-0.15, -0.1) is 0 Å². The van der Waals surface area contributed by atoms with E-state index in [1.807, 2.05) is 0 Å². The summed E-state index contributed by atoms with van der Waals surface area (Å²) in [6, 6.07) is 0. The minimum Gasteiger partial charge on any atom is -0.369 e. The van der Waals surface area contributed by atoms with Gasteiger partial charge in [-0.1, -0.05) is 6.92 Å². The van der Waals surface area contributed by atoms with Crippen LogP contribution in [0.2, 0.25) is 0 Å². The van der Waals surface area contributed by atoms with Crippen molar-refractivity contribution in [2.45, 2.75) is 33.3 Å².